The van der Waals surface area contributed by atoms with Crippen LogP contribution in [0.25, 0.3) is 0 Å². The molecule has 0 atom stereocenters. The van der Waals surface area contributed by atoms with Crippen molar-refractivity contribution in [2.45, 2.75) is 31.6 Å². The third kappa shape index (κ3) is 2.16. The zero-order chi connectivity index (χ0) is 12.5. The summed E-state index contributed by atoms with van der Waals surface area (Å²) in [6.07, 6.45) is 2.62. The lowest BCUT2D eigenvalue weighted by atomic mass is 9.64. The lowest BCUT2D eigenvalue weighted by Crippen LogP contribution is -2.43. The van der Waals surface area contributed by atoms with Crippen LogP contribution in [0.1, 0.15) is 31.7 Å². The smallest absolute Gasteiger partial charge is 0.316 e. The molecule has 1 aromatic carbocycles. The van der Waals surface area contributed by atoms with Gasteiger partial charge in [-0.05, 0) is 37.5 Å². The highest BCUT2D eigenvalue weighted by molar-refractivity contribution is 6.35. The van der Waals surface area contributed by atoms with Crippen molar-refractivity contribution in [2.75, 3.05) is 6.61 Å². The summed E-state index contributed by atoms with van der Waals surface area (Å²) in [7, 11) is 0. The van der Waals surface area contributed by atoms with Crippen LogP contribution in [-0.2, 0) is 14.9 Å². The fourth-order valence-corrected chi connectivity index (χ4v) is 2.85. The van der Waals surface area contributed by atoms with Crippen LogP contribution in [0, 0.1) is 0 Å². The van der Waals surface area contributed by atoms with E-state index >= 15 is 0 Å². The van der Waals surface area contributed by atoms with Gasteiger partial charge in [-0.3, -0.25) is 4.79 Å². The van der Waals surface area contributed by atoms with E-state index < -0.39 is 5.41 Å². The average Bonchev–Trinajstić information content (AvgIpc) is 2.20. The zero-order valence-electron chi connectivity index (χ0n) is 9.63. The van der Waals surface area contributed by atoms with Gasteiger partial charge in [-0.15, -0.1) is 0 Å². The molecule has 0 unspecified atom stereocenters. The van der Waals surface area contributed by atoms with E-state index in [-0.39, 0.29) is 5.97 Å². The van der Waals surface area contributed by atoms with Gasteiger partial charge in [0.25, 0.3) is 0 Å². The second-order valence-corrected chi connectivity index (χ2v) is 5.12. The van der Waals surface area contributed by atoms with E-state index in [4.69, 9.17) is 27.9 Å². The number of carbonyl (C=O) groups is 1. The first-order valence-electron chi connectivity index (χ1n) is 5.73. The van der Waals surface area contributed by atoms with Crippen molar-refractivity contribution >= 4 is 29.2 Å². The van der Waals surface area contributed by atoms with E-state index in [1.807, 2.05) is 13.0 Å². The summed E-state index contributed by atoms with van der Waals surface area (Å²) in [4.78, 5) is 12.1. The Hall–Kier alpha value is -0.730. The van der Waals surface area contributed by atoms with Crippen molar-refractivity contribution in [3.8, 4) is 0 Å². The van der Waals surface area contributed by atoms with Gasteiger partial charge in [-0.2, -0.15) is 0 Å². The SMILES string of the molecule is CCOC(=O)C1(c2ccc(Cl)cc2Cl)CCC1. The van der Waals surface area contributed by atoms with E-state index in [1.54, 1.807) is 12.1 Å². The maximum absolute atomic E-state index is 12.1. The molecule has 17 heavy (non-hydrogen) atoms. The van der Waals surface area contributed by atoms with Gasteiger partial charge in [0.2, 0.25) is 0 Å². The van der Waals surface area contributed by atoms with Crippen LogP contribution in [-0.4, -0.2) is 12.6 Å². The zero-order valence-corrected chi connectivity index (χ0v) is 11.1. The Morgan fingerprint density at radius 2 is 2.12 bits per heavy atom. The highest BCUT2D eigenvalue weighted by Crippen LogP contribution is 2.47. The number of carbonyl (C=O) groups excluding carboxylic acids is 1. The van der Waals surface area contributed by atoms with Crippen molar-refractivity contribution in [3.63, 3.8) is 0 Å². The molecule has 0 amide bonds. The molecule has 1 fully saturated rings. The first kappa shape index (κ1) is 12.7. The molecule has 0 N–H and O–H groups in total. The first-order valence-corrected chi connectivity index (χ1v) is 6.48. The molecule has 0 spiro atoms. The van der Waals surface area contributed by atoms with E-state index in [0.717, 1.165) is 24.8 Å². The van der Waals surface area contributed by atoms with Crippen LogP contribution >= 0.6 is 23.2 Å². The highest BCUT2D eigenvalue weighted by Gasteiger charge is 2.48. The number of hydrogen-bond donors (Lipinski definition) is 0. The lowest BCUT2D eigenvalue weighted by Gasteiger charge is -2.40. The normalized spacial score (nSPS) is 17.4. The molecule has 0 saturated heterocycles. The number of halogens is 2. The van der Waals surface area contributed by atoms with Gasteiger partial charge < -0.3 is 4.74 Å². The molecule has 0 bridgehead atoms. The second-order valence-electron chi connectivity index (χ2n) is 4.28. The minimum absolute atomic E-state index is 0.171. The molecule has 4 heteroatoms. The standard InChI is InChI=1S/C13H14Cl2O2/c1-2-17-12(16)13(6-3-7-13)10-5-4-9(14)8-11(10)15/h4-5,8H,2-3,6-7H2,1H3. The van der Waals surface area contributed by atoms with Gasteiger partial charge in [0.15, 0.2) is 0 Å². The third-order valence-electron chi connectivity index (χ3n) is 3.32. The molecule has 0 aliphatic heterocycles. The van der Waals surface area contributed by atoms with Crippen LogP contribution in [0.2, 0.25) is 10.0 Å². The van der Waals surface area contributed by atoms with Crippen molar-refractivity contribution in [1.82, 2.24) is 0 Å². The molecule has 0 radical (unpaired) electrons. The Bertz CT molecular complexity index is 439. The molecule has 1 aliphatic carbocycles. The minimum atomic E-state index is -0.544. The Morgan fingerprint density at radius 3 is 2.59 bits per heavy atom. The summed E-state index contributed by atoms with van der Waals surface area (Å²) in [5, 5.41) is 1.13. The molecule has 2 nitrogen and oxygen atoms in total. The lowest BCUT2D eigenvalue weighted by molar-refractivity contribution is -0.153. The molecule has 92 valence electrons. The van der Waals surface area contributed by atoms with E-state index in [9.17, 15) is 4.79 Å². The largest absolute Gasteiger partial charge is 0.465 e. The summed E-state index contributed by atoms with van der Waals surface area (Å²) in [5.41, 5.74) is 0.297. The molecular formula is C13H14Cl2O2. The van der Waals surface area contributed by atoms with Crippen molar-refractivity contribution in [1.29, 1.82) is 0 Å². The van der Waals surface area contributed by atoms with Gasteiger partial charge in [0.05, 0.1) is 12.0 Å². The molecule has 0 aromatic heterocycles. The van der Waals surface area contributed by atoms with E-state index in [0.29, 0.717) is 16.7 Å². The second kappa shape index (κ2) is 4.87. The fourth-order valence-electron chi connectivity index (χ4n) is 2.26. The Balaban J connectivity index is 2.38. The van der Waals surface area contributed by atoms with E-state index in [2.05, 4.69) is 0 Å². The topological polar surface area (TPSA) is 26.3 Å². The van der Waals surface area contributed by atoms with E-state index in [1.165, 1.54) is 0 Å². The Kier molecular flexibility index (Phi) is 3.64. The summed E-state index contributed by atoms with van der Waals surface area (Å²) in [6, 6.07) is 5.28. The molecule has 1 aliphatic rings. The number of benzene rings is 1. The van der Waals surface area contributed by atoms with Crippen molar-refractivity contribution in [3.05, 3.63) is 33.8 Å². The van der Waals surface area contributed by atoms with Gasteiger partial charge >= 0.3 is 5.97 Å². The number of hydrogen-bond acceptors (Lipinski definition) is 2. The number of rotatable bonds is 3. The summed E-state index contributed by atoms with van der Waals surface area (Å²) >= 11 is 12.0. The summed E-state index contributed by atoms with van der Waals surface area (Å²) in [6.45, 7) is 2.21. The Morgan fingerprint density at radius 1 is 1.41 bits per heavy atom. The minimum Gasteiger partial charge on any atom is -0.465 e. The maximum Gasteiger partial charge on any atom is 0.316 e. The van der Waals surface area contributed by atoms with Gasteiger partial charge in [0.1, 0.15) is 0 Å². The van der Waals surface area contributed by atoms with Gasteiger partial charge in [-0.1, -0.05) is 35.7 Å². The van der Waals surface area contributed by atoms with Crippen molar-refractivity contribution < 1.29 is 9.53 Å². The van der Waals surface area contributed by atoms with Gasteiger partial charge in [0, 0.05) is 10.0 Å². The van der Waals surface area contributed by atoms with Gasteiger partial charge in [-0.25, -0.2) is 0 Å². The fraction of sp³-hybridized carbons (Fsp3) is 0.462. The molecule has 1 aromatic rings. The average molecular weight is 273 g/mol. The predicted octanol–water partition coefficient (Wildman–Crippen LogP) is 3.98. The summed E-state index contributed by atoms with van der Waals surface area (Å²) in [5.74, 6) is -0.171. The van der Waals surface area contributed by atoms with Crippen LogP contribution in [0.4, 0.5) is 0 Å². The van der Waals surface area contributed by atoms with Crippen molar-refractivity contribution in [2.24, 2.45) is 0 Å². The molecular weight excluding hydrogens is 259 g/mol. The maximum atomic E-state index is 12.1. The van der Waals surface area contributed by atoms with Crippen LogP contribution < -0.4 is 0 Å². The van der Waals surface area contributed by atoms with Crippen LogP contribution in [0.3, 0.4) is 0 Å². The van der Waals surface area contributed by atoms with Crippen LogP contribution in [0.15, 0.2) is 18.2 Å². The highest BCUT2D eigenvalue weighted by atomic mass is 35.5. The monoisotopic (exact) mass is 272 g/mol. The Labute approximate surface area is 111 Å². The number of esters is 1. The predicted molar refractivity (Wildman–Crippen MR) is 68.6 cm³/mol. The number of ether oxygens (including phenoxy) is 1. The summed E-state index contributed by atoms with van der Waals surface area (Å²) < 4.78 is 5.16. The first-order chi connectivity index (χ1) is 8.10. The van der Waals surface area contributed by atoms with Crippen LogP contribution in [0.5, 0.6) is 0 Å². The quantitative estimate of drug-likeness (QED) is 0.779. The third-order valence-corrected chi connectivity index (χ3v) is 3.87. The molecule has 2 rings (SSSR count). The molecule has 1 saturated carbocycles. The molecule has 0 heterocycles.